The van der Waals surface area contributed by atoms with Crippen molar-refractivity contribution in [3.63, 3.8) is 0 Å². The number of Topliss-reactive ketones (excluding diaryl/α,β-unsaturated/α-hetero) is 1. The number of methoxy groups -OCH3 is 2. The molecule has 35 heavy (non-hydrogen) atoms. The van der Waals surface area contributed by atoms with Crippen molar-refractivity contribution in [1.82, 2.24) is 19.3 Å². The lowest BCUT2D eigenvalue weighted by Gasteiger charge is -2.17. The van der Waals surface area contributed by atoms with E-state index in [-0.39, 0.29) is 17.6 Å². The first-order valence-electron chi connectivity index (χ1n) is 11.4. The number of hydrogen-bond acceptors (Lipinski definition) is 6. The number of para-hydroxylation sites is 1. The fourth-order valence-electron chi connectivity index (χ4n) is 4.36. The van der Waals surface area contributed by atoms with Crippen molar-refractivity contribution in [2.24, 2.45) is 0 Å². The zero-order valence-electron chi connectivity index (χ0n) is 20.7. The first kappa shape index (κ1) is 24.8. The maximum atomic E-state index is 13.2. The summed E-state index contributed by atoms with van der Waals surface area (Å²) in [7, 11) is 3.33. The van der Waals surface area contributed by atoms with Crippen molar-refractivity contribution in [2.45, 2.75) is 32.0 Å². The Kier molecular flexibility index (Phi) is 7.73. The van der Waals surface area contributed by atoms with Crippen molar-refractivity contribution in [1.29, 1.82) is 0 Å². The Hall–Kier alpha value is -3.36. The van der Waals surface area contributed by atoms with Gasteiger partial charge in [-0.3, -0.25) is 9.36 Å². The summed E-state index contributed by atoms with van der Waals surface area (Å²) in [6, 6.07) is 19.8. The summed E-state index contributed by atoms with van der Waals surface area (Å²) in [6.07, 6.45) is 0. The fraction of sp³-hybridized carbons (Fsp3) is 0.296. The number of ketones is 1. The minimum absolute atomic E-state index is 0.0626. The van der Waals surface area contributed by atoms with Gasteiger partial charge in [-0.1, -0.05) is 30.0 Å². The predicted octanol–water partition coefficient (Wildman–Crippen LogP) is 5.54. The topological polar surface area (TPSA) is 71.2 Å². The van der Waals surface area contributed by atoms with Crippen LogP contribution in [0.1, 0.15) is 34.7 Å². The third-order valence-electron chi connectivity index (χ3n) is 5.96. The molecule has 0 saturated carbocycles. The van der Waals surface area contributed by atoms with Gasteiger partial charge in [0.05, 0.1) is 25.5 Å². The summed E-state index contributed by atoms with van der Waals surface area (Å²) in [6.45, 7) is 6.70. The lowest BCUT2D eigenvalue weighted by molar-refractivity contribution is 0.102. The van der Waals surface area contributed by atoms with Gasteiger partial charge in [0, 0.05) is 35.3 Å². The maximum absolute atomic E-state index is 13.2. The van der Waals surface area contributed by atoms with E-state index in [9.17, 15) is 4.79 Å². The Morgan fingerprint density at radius 1 is 1.03 bits per heavy atom. The molecule has 0 saturated heterocycles. The SMILES string of the molecule is COC[C@H](C)n1c(C)cc(C(=O)CSc2nnc(-c3ccc(OC)cc3)n2-c2ccccc2)c1C. The van der Waals surface area contributed by atoms with Crippen LogP contribution in [0.25, 0.3) is 17.1 Å². The summed E-state index contributed by atoms with van der Waals surface area (Å²) >= 11 is 1.39. The second-order valence-corrected chi connectivity index (χ2v) is 9.32. The Bertz CT molecular complexity index is 1300. The molecule has 4 rings (SSSR count). The Morgan fingerprint density at radius 3 is 2.40 bits per heavy atom. The molecule has 0 unspecified atom stereocenters. The van der Waals surface area contributed by atoms with Crippen molar-refractivity contribution in [2.75, 3.05) is 26.6 Å². The van der Waals surface area contributed by atoms with Crippen molar-refractivity contribution >= 4 is 17.5 Å². The van der Waals surface area contributed by atoms with Crippen molar-refractivity contribution in [3.8, 4) is 22.8 Å². The van der Waals surface area contributed by atoms with E-state index in [1.807, 2.05) is 79.1 Å². The number of carbonyl (C=O) groups is 1. The smallest absolute Gasteiger partial charge is 0.196 e. The van der Waals surface area contributed by atoms with Crippen LogP contribution in [0.3, 0.4) is 0 Å². The molecule has 2 aromatic heterocycles. The van der Waals surface area contributed by atoms with Crippen LogP contribution in [0.5, 0.6) is 5.75 Å². The molecule has 0 fully saturated rings. The number of hydrogen-bond donors (Lipinski definition) is 0. The van der Waals surface area contributed by atoms with Gasteiger partial charge in [-0.15, -0.1) is 10.2 Å². The van der Waals surface area contributed by atoms with Crippen LogP contribution in [-0.4, -0.2) is 51.7 Å². The molecule has 8 heteroatoms. The van der Waals surface area contributed by atoms with E-state index in [0.717, 1.165) is 34.0 Å². The molecule has 2 heterocycles. The maximum Gasteiger partial charge on any atom is 0.196 e. The van der Waals surface area contributed by atoms with E-state index in [1.165, 1.54) is 11.8 Å². The van der Waals surface area contributed by atoms with Crippen LogP contribution >= 0.6 is 11.8 Å². The molecule has 0 N–H and O–H groups in total. The van der Waals surface area contributed by atoms with Gasteiger partial charge in [0.2, 0.25) is 0 Å². The molecule has 2 aromatic carbocycles. The average molecular weight is 491 g/mol. The van der Waals surface area contributed by atoms with E-state index >= 15 is 0 Å². The molecule has 1 atom stereocenters. The molecule has 0 aliphatic carbocycles. The third kappa shape index (κ3) is 5.18. The predicted molar refractivity (Wildman–Crippen MR) is 139 cm³/mol. The monoisotopic (exact) mass is 490 g/mol. The summed E-state index contributed by atoms with van der Waals surface area (Å²) in [5, 5.41) is 9.58. The van der Waals surface area contributed by atoms with Crippen LogP contribution in [0, 0.1) is 13.8 Å². The molecule has 0 spiro atoms. The van der Waals surface area contributed by atoms with Gasteiger partial charge >= 0.3 is 0 Å². The van der Waals surface area contributed by atoms with Gasteiger partial charge in [-0.25, -0.2) is 0 Å². The second-order valence-electron chi connectivity index (χ2n) is 8.38. The molecule has 0 aliphatic rings. The molecule has 7 nitrogen and oxygen atoms in total. The number of rotatable bonds is 10. The highest BCUT2D eigenvalue weighted by Crippen LogP contribution is 2.30. The molecule has 182 valence electrons. The van der Waals surface area contributed by atoms with E-state index in [1.54, 1.807) is 14.2 Å². The Morgan fingerprint density at radius 2 is 1.74 bits per heavy atom. The zero-order chi connectivity index (χ0) is 24.9. The standard InChI is InChI=1S/C27H30N4O3S/c1-18-15-24(20(3)30(18)19(2)16-33-4)25(32)17-35-27-29-28-26(21-11-13-23(34-5)14-12-21)31(27)22-9-7-6-8-10-22/h6-15,19H,16-17H2,1-5H3/t19-/m0/s1. The van der Waals surface area contributed by atoms with Crippen molar-refractivity contribution < 1.29 is 14.3 Å². The number of benzene rings is 2. The summed E-state index contributed by atoms with van der Waals surface area (Å²) < 4.78 is 14.8. The van der Waals surface area contributed by atoms with Gasteiger partial charge in [0.15, 0.2) is 16.8 Å². The molecule has 0 amide bonds. The highest BCUT2D eigenvalue weighted by Gasteiger charge is 2.21. The van der Waals surface area contributed by atoms with Gasteiger partial charge in [-0.2, -0.15) is 0 Å². The lowest BCUT2D eigenvalue weighted by Crippen LogP contribution is -2.14. The minimum atomic E-state index is 0.0626. The largest absolute Gasteiger partial charge is 0.497 e. The summed E-state index contributed by atoms with van der Waals surface area (Å²) in [5.41, 5.74) is 4.59. The Balaban J connectivity index is 1.62. The van der Waals surface area contributed by atoms with Crippen LogP contribution in [-0.2, 0) is 4.74 Å². The van der Waals surface area contributed by atoms with Crippen LogP contribution in [0.4, 0.5) is 0 Å². The second kappa shape index (κ2) is 10.9. The van der Waals surface area contributed by atoms with Gasteiger partial charge < -0.3 is 14.0 Å². The average Bonchev–Trinajstić information content (AvgIpc) is 3.43. The fourth-order valence-corrected chi connectivity index (χ4v) is 5.20. The molecule has 0 bridgehead atoms. The van der Waals surface area contributed by atoms with E-state index in [0.29, 0.717) is 17.6 Å². The molecule has 4 aromatic rings. The summed E-state index contributed by atoms with van der Waals surface area (Å²) in [4.78, 5) is 13.2. The quantitative estimate of drug-likeness (QED) is 0.215. The van der Waals surface area contributed by atoms with E-state index in [4.69, 9.17) is 9.47 Å². The molecular formula is C27H30N4O3S. The highest BCUT2D eigenvalue weighted by molar-refractivity contribution is 7.99. The van der Waals surface area contributed by atoms with E-state index in [2.05, 4.69) is 21.7 Å². The zero-order valence-corrected chi connectivity index (χ0v) is 21.5. The van der Waals surface area contributed by atoms with E-state index < -0.39 is 0 Å². The van der Waals surface area contributed by atoms with Crippen molar-refractivity contribution in [3.05, 3.63) is 77.6 Å². The number of carbonyl (C=O) groups excluding carboxylic acids is 1. The van der Waals surface area contributed by atoms with Gasteiger partial charge in [0.1, 0.15) is 5.75 Å². The molecular weight excluding hydrogens is 460 g/mol. The minimum Gasteiger partial charge on any atom is -0.497 e. The number of aromatic nitrogens is 4. The van der Waals surface area contributed by atoms with Crippen LogP contribution in [0.2, 0.25) is 0 Å². The first-order valence-corrected chi connectivity index (χ1v) is 12.4. The molecule has 0 radical (unpaired) electrons. The van der Waals surface area contributed by atoms with Gasteiger partial charge in [-0.05, 0) is 63.2 Å². The van der Waals surface area contributed by atoms with Gasteiger partial charge in [0.25, 0.3) is 0 Å². The number of nitrogens with zero attached hydrogens (tertiary/aromatic N) is 4. The third-order valence-corrected chi connectivity index (χ3v) is 6.89. The first-order chi connectivity index (χ1) is 16.9. The number of ether oxygens (including phenoxy) is 2. The summed E-state index contributed by atoms with van der Waals surface area (Å²) in [5.74, 6) is 1.81. The molecule has 0 aliphatic heterocycles. The highest BCUT2D eigenvalue weighted by atomic mass is 32.2. The van der Waals surface area contributed by atoms with Crippen LogP contribution in [0.15, 0.2) is 65.8 Å². The number of aryl methyl sites for hydroxylation is 1. The lowest BCUT2D eigenvalue weighted by atomic mass is 10.2. The number of thioether (sulfide) groups is 1. The van der Waals surface area contributed by atoms with Crippen LogP contribution < -0.4 is 4.74 Å². The Labute approximate surface area is 210 Å². The normalized spacial score (nSPS) is 12.0.